The molecule has 1 N–H and O–H groups in total. The molecule has 0 spiro atoms. The SMILES string of the molecule is CC(C)(C)c1ccc(C(Cc2ccc(C(=O)NCCS(=O)(=O)[O-])cc2)c2cc(-c3cccc(Oc4cc(Cl)cc(Cl)c4)c3)on2)cc1.[Na+]. The molecule has 5 rings (SSSR count). The van der Waals surface area contributed by atoms with E-state index in [1.54, 1.807) is 30.3 Å². The molecule has 0 saturated carbocycles. The Labute approximate surface area is 312 Å². The first-order valence-corrected chi connectivity index (χ1v) is 17.2. The maximum absolute atomic E-state index is 12.5. The number of hydrogen-bond acceptors (Lipinski definition) is 7. The van der Waals surface area contributed by atoms with E-state index in [-0.39, 0.29) is 47.4 Å². The Hall–Kier alpha value is -3.15. The molecule has 0 radical (unpaired) electrons. The van der Waals surface area contributed by atoms with E-state index < -0.39 is 21.8 Å². The van der Waals surface area contributed by atoms with Crippen LogP contribution in [-0.2, 0) is 22.0 Å². The molecule has 1 heterocycles. The van der Waals surface area contributed by atoms with Crippen LogP contribution in [0.4, 0.5) is 0 Å². The zero-order valence-corrected chi connectivity index (χ0v) is 31.3. The van der Waals surface area contributed by atoms with Gasteiger partial charge in [0.15, 0.2) is 5.76 Å². The van der Waals surface area contributed by atoms with E-state index in [9.17, 15) is 17.8 Å². The van der Waals surface area contributed by atoms with Crippen molar-refractivity contribution in [3.05, 3.63) is 135 Å². The van der Waals surface area contributed by atoms with E-state index >= 15 is 0 Å². The molecule has 1 unspecified atom stereocenters. The average Bonchev–Trinajstić information content (AvgIpc) is 3.49. The average molecular weight is 716 g/mol. The summed E-state index contributed by atoms with van der Waals surface area (Å²) < 4.78 is 44.4. The number of ether oxygens (including phenoxy) is 1. The standard InChI is InChI=1S/C36H34Cl2N2O6S.Na/c1-36(2,3)27-13-11-24(12-14-27)32(17-23-7-9-25(10-8-23)35(41)39-15-16-47(42,43)44)33-22-34(46-40-33)26-5-4-6-30(18-26)45-31-20-28(37)19-29(38)21-31;/h4-14,18-22,32H,15-17H2,1-3H3,(H,39,41)(H,42,43,44);/q;+1/p-1. The summed E-state index contributed by atoms with van der Waals surface area (Å²) in [4.78, 5) is 12.5. The van der Waals surface area contributed by atoms with E-state index in [1.807, 2.05) is 42.5 Å². The van der Waals surface area contributed by atoms with E-state index in [0.717, 1.165) is 22.4 Å². The number of aromatic nitrogens is 1. The second kappa shape index (κ2) is 16.0. The van der Waals surface area contributed by atoms with Gasteiger partial charge in [-0.1, -0.05) is 97.7 Å². The Bertz CT molecular complexity index is 1960. The van der Waals surface area contributed by atoms with Crippen LogP contribution in [0.15, 0.2) is 102 Å². The zero-order chi connectivity index (χ0) is 33.8. The largest absolute Gasteiger partial charge is 1.00 e. The van der Waals surface area contributed by atoms with E-state index in [1.165, 1.54) is 5.56 Å². The predicted octanol–water partition coefficient (Wildman–Crippen LogP) is 5.39. The molecule has 244 valence electrons. The third-order valence-corrected chi connectivity index (χ3v) is 8.69. The quantitative estimate of drug-likeness (QED) is 0.144. The van der Waals surface area contributed by atoms with Gasteiger partial charge in [-0.05, 0) is 71.0 Å². The first-order chi connectivity index (χ1) is 22.2. The minimum atomic E-state index is -4.41. The Morgan fingerprint density at radius 2 is 1.58 bits per heavy atom. The molecule has 0 fully saturated rings. The van der Waals surface area contributed by atoms with Crippen molar-refractivity contribution in [3.8, 4) is 22.8 Å². The number of nitrogens with zero attached hydrogens (tertiary/aromatic N) is 1. The molecular weight excluding hydrogens is 682 g/mol. The molecule has 4 aromatic carbocycles. The van der Waals surface area contributed by atoms with Gasteiger partial charge in [0.1, 0.15) is 11.5 Å². The molecule has 48 heavy (non-hydrogen) atoms. The summed E-state index contributed by atoms with van der Waals surface area (Å²) in [5, 5.41) is 7.89. The van der Waals surface area contributed by atoms with Crippen molar-refractivity contribution in [2.24, 2.45) is 0 Å². The normalized spacial score (nSPS) is 12.2. The maximum atomic E-state index is 12.5. The number of carbonyl (C=O) groups excluding carboxylic acids is 1. The van der Waals surface area contributed by atoms with Gasteiger partial charge in [0, 0.05) is 39.7 Å². The monoisotopic (exact) mass is 714 g/mol. The minimum Gasteiger partial charge on any atom is -0.748 e. The fraction of sp³-hybridized carbons (Fsp3) is 0.222. The molecule has 0 bridgehead atoms. The summed E-state index contributed by atoms with van der Waals surface area (Å²) in [7, 11) is -4.41. The Balaban J connectivity index is 0.00000520. The Morgan fingerprint density at radius 3 is 2.21 bits per heavy atom. The minimum absolute atomic E-state index is 0. The number of halogens is 2. The topological polar surface area (TPSA) is 122 Å². The van der Waals surface area contributed by atoms with E-state index in [0.29, 0.717) is 39.3 Å². The van der Waals surface area contributed by atoms with Gasteiger partial charge < -0.3 is 19.1 Å². The van der Waals surface area contributed by atoms with E-state index in [4.69, 9.17) is 32.5 Å². The molecule has 0 aliphatic rings. The number of nitrogens with one attached hydrogen (secondary N) is 1. The van der Waals surface area contributed by atoms with Crippen molar-refractivity contribution in [1.29, 1.82) is 0 Å². The summed E-state index contributed by atoms with van der Waals surface area (Å²) in [5.74, 6) is 0.359. The number of carbonyl (C=O) groups is 1. The molecule has 0 saturated heterocycles. The third kappa shape index (κ3) is 10.4. The van der Waals surface area contributed by atoms with Gasteiger partial charge in [0.25, 0.3) is 5.91 Å². The summed E-state index contributed by atoms with van der Waals surface area (Å²) in [6.07, 6.45) is 0.565. The van der Waals surface area contributed by atoms with Crippen molar-refractivity contribution < 1.29 is 56.6 Å². The molecule has 1 aromatic heterocycles. The van der Waals surface area contributed by atoms with Crippen molar-refractivity contribution in [1.82, 2.24) is 10.5 Å². The smallest absolute Gasteiger partial charge is 0.748 e. The Kier molecular flexibility index (Phi) is 12.6. The van der Waals surface area contributed by atoms with Gasteiger partial charge in [-0.15, -0.1) is 0 Å². The maximum Gasteiger partial charge on any atom is 1.00 e. The van der Waals surface area contributed by atoms with Crippen LogP contribution in [0, 0.1) is 0 Å². The van der Waals surface area contributed by atoms with Crippen molar-refractivity contribution in [2.75, 3.05) is 12.3 Å². The molecule has 1 amide bonds. The van der Waals surface area contributed by atoms with Crippen LogP contribution >= 0.6 is 23.2 Å². The van der Waals surface area contributed by atoms with Crippen molar-refractivity contribution in [3.63, 3.8) is 0 Å². The summed E-state index contributed by atoms with van der Waals surface area (Å²) in [6.45, 7) is 6.25. The van der Waals surface area contributed by atoms with Crippen molar-refractivity contribution in [2.45, 2.75) is 38.5 Å². The zero-order valence-electron chi connectivity index (χ0n) is 27.0. The van der Waals surface area contributed by atoms with Crippen LogP contribution in [0.2, 0.25) is 10.0 Å². The van der Waals surface area contributed by atoms with Gasteiger partial charge in [0.2, 0.25) is 0 Å². The molecule has 0 aliphatic carbocycles. The third-order valence-electron chi connectivity index (χ3n) is 7.55. The van der Waals surface area contributed by atoms with Crippen LogP contribution in [0.5, 0.6) is 11.5 Å². The van der Waals surface area contributed by atoms with Gasteiger partial charge in [-0.3, -0.25) is 4.79 Å². The predicted molar refractivity (Wildman–Crippen MR) is 183 cm³/mol. The number of rotatable bonds is 11. The number of amides is 1. The van der Waals surface area contributed by atoms with E-state index in [2.05, 4.69) is 55.5 Å². The second-order valence-electron chi connectivity index (χ2n) is 12.2. The summed E-state index contributed by atoms with van der Waals surface area (Å²) in [5.41, 5.74) is 5.07. The van der Waals surface area contributed by atoms with Crippen LogP contribution < -0.4 is 39.6 Å². The molecule has 1 atom stereocenters. The van der Waals surface area contributed by atoms with Gasteiger partial charge in [0.05, 0.1) is 21.6 Å². The van der Waals surface area contributed by atoms with Gasteiger partial charge >= 0.3 is 29.6 Å². The van der Waals surface area contributed by atoms with Gasteiger partial charge in [-0.2, -0.15) is 0 Å². The molecular formula is C36H33Cl2N2NaO6S. The fourth-order valence-electron chi connectivity index (χ4n) is 5.05. The first kappa shape index (κ1) is 37.7. The molecule has 5 aromatic rings. The summed E-state index contributed by atoms with van der Waals surface area (Å²) >= 11 is 12.3. The Morgan fingerprint density at radius 1 is 0.917 bits per heavy atom. The second-order valence-corrected chi connectivity index (χ2v) is 14.6. The van der Waals surface area contributed by atoms with Gasteiger partial charge in [-0.25, -0.2) is 8.42 Å². The molecule has 12 heteroatoms. The summed E-state index contributed by atoms with van der Waals surface area (Å²) in [6, 6.07) is 29.9. The fourth-order valence-corrected chi connectivity index (χ4v) is 5.91. The molecule has 0 aliphatic heterocycles. The van der Waals surface area contributed by atoms with Crippen LogP contribution in [-0.4, -0.2) is 36.3 Å². The van der Waals surface area contributed by atoms with Crippen LogP contribution in [0.3, 0.4) is 0 Å². The number of benzene rings is 4. The molecule has 8 nitrogen and oxygen atoms in total. The van der Waals surface area contributed by atoms with Crippen molar-refractivity contribution >= 4 is 39.2 Å². The first-order valence-electron chi connectivity index (χ1n) is 14.9. The van der Waals surface area contributed by atoms with Crippen LogP contribution in [0.25, 0.3) is 11.3 Å². The number of hydrogen-bond donors (Lipinski definition) is 1. The van der Waals surface area contributed by atoms with Crippen LogP contribution in [0.1, 0.15) is 59.4 Å².